The van der Waals surface area contributed by atoms with E-state index < -0.39 is 5.60 Å². The first-order valence-corrected chi connectivity index (χ1v) is 6.31. The van der Waals surface area contributed by atoms with Crippen molar-refractivity contribution in [2.75, 3.05) is 13.1 Å². The number of phenolic OH excluding ortho intramolecular Hbond substituents is 1. The standard InChI is InChI=1S/C15H19NO3/c1-15(2,3)19-14(18)16-8-7-12(10-16)11-5-4-6-13(17)9-11/h4-7,9,17H,8,10H2,1-3H3. The van der Waals surface area contributed by atoms with Gasteiger partial charge in [0.2, 0.25) is 0 Å². The summed E-state index contributed by atoms with van der Waals surface area (Å²) in [6.07, 6.45) is 1.68. The molecule has 0 unspecified atom stereocenters. The van der Waals surface area contributed by atoms with Crippen LogP contribution < -0.4 is 0 Å². The first-order valence-electron chi connectivity index (χ1n) is 6.31. The number of hydrogen-bond donors (Lipinski definition) is 1. The number of amides is 1. The Hall–Kier alpha value is -1.97. The van der Waals surface area contributed by atoms with Crippen LogP contribution in [-0.4, -0.2) is 34.8 Å². The number of hydrogen-bond acceptors (Lipinski definition) is 3. The van der Waals surface area contributed by atoms with Crippen LogP contribution in [0.4, 0.5) is 4.79 Å². The molecule has 4 heteroatoms. The third kappa shape index (κ3) is 3.50. The van der Waals surface area contributed by atoms with Crippen LogP contribution in [0.2, 0.25) is 0 Å². The van der Waals surface area contributed by atoms with E-state index >= 15 is 0 Å². The second kappa shape index (κ2) is 4.96. The van der Waals surface area contributed by atoms with Crippen molar-refractivity contribution >= 4 is 11.7 Å². The minimum Gasteiger partial charge on any atom is -0.508 e. The van der Waals surface area contributed by atoms with Gasteiger partial charge in [0, 0.05) is 13.1 Å². The van der Waals surface area contributed by atoms with Gasteiger partial charge < -0.3 is 14.7 Å². The monoisotopic (exact) mass is 261 g/mol. The molecule has 1 heterocycles. The van der Waals surface area contributed by atoms with Crippen molar-refractivity contribution < 1.29 is 14.6 Å². The van der Waals surface area contributed by atoms with Crippen LogP contribution in [0.25, 0.3) is 5.57 Å². The maximum Gasteiger partial charge on any atom is 0.410 e. The SMILES string of the molecule is CC(C)(C)OC(=O)N1CC=C(c2cccc(O)c2)C1. The van der Waals surface area contributed by atoms with Gasteiger partial charge in [0.25, 0.3) is 0 Å². The summed E-state index contributed by atoms with van der Waals surface area (Å²) in [6, 6.07) is 7.04. The van der Waals surface area contributed by atoms with E-state index in [9.17, 15) is 9.90 Å². The Kier molecular flexibility index (Phi) is 3.51. The number of phenols is 1. The maximum atomic E-state index is 11.9. The van der Waals surface area contributed by atoms with Gasteiger partial charge in [0.05, 0.1) is 0 Å². The molecule has 1 aliphatic heterocycles. The van der Waals surface area contributed by atoms with Gasteiger partial charge in [0.15, 0.2) is 0 Å². The van der Waals surface area contributed by atoms with E-state index in [-0.39, 0.29) is 11.8 Å². The number of rotatable bonds is 1. The van der Waals surface area contributed by atoms with Crippen molar-refractivity contribution in [3.63, 3.8) is 0 Å². The van der Waals surface area contributed by atoms with Gasteiger partial charge in [-0.05, 0) is 44.0 Å². The molecule has 1 N–H and O–H groups in total. The van der Waals surface area contributed by atoms with E-state index in [1.54, 1.807) is 23.1 Å². The van der Waals surface area contributed by atoms with Crippen molar-refractivity contribution in [2.45, 2.75) is 26.4 Å². The fourth-order valence-electron chi connectivity index (χ4n) is 1.94. The first-order chi connectivity index (χ1) is 8.85. The number of carbonyl (C=O) groups is 1. The van der Waals surface area contributed by atoms with E-state index in [2.05, 4.69) is 0 Å². The highest BCUT2D eigenvalue weighted by Gasteiger charge is 2.25. The van der Waals surface area contributed by atoms with Crippen molar-refractivity contribution in [3.05, 3.63) is 35.9 Å². The predicted octanol–water partition coefficient (Wildman–Crippen LogP) is 3.03. The maximum absolute atomic E-state index is 11.9. The molecule has 2 rings (SSSR count). The molecule has 1 amide bonds. The summed E-state index contributed by atoms with van der Waals surface area (Å²) in [5.74, 6) is 0.231. The summed E-state index contributed by atoms with van der Waals surface area (Å²) in [5, 5.41) is 9.47. The van der Waals surface area contributed by atoms with E-state index in [1.165, 1.54) is 0 Å². The number of benzene rings is 1. The van der Waals surface area contributed by atoms with Crippen molar-refractivity contribution in [1.29, 1.82) is 0 Å². The minimum atomic E-state index is -0.481. The topological polar surface area (TPSA) is 49.8 Å². The van der Waals surface area contributed by atoms with Gasteiger partial charge in [-0.3, -0.25) is 0 Å². The van der Waals surface area contributed by atoms with Gasteiger partial charge in [-0.25, -0.2) is 4.79 Å². The summed E-state index contributed by atoms with van der Waals surface area (Å²) in [4.78, 5) is 13.6. The Morgan fingerprint density at radius 3 is 2.74 bits per heavy atom. The fraction of sp³-hybridized carbons (Fsp3) is 0.400. The lowest BCUT2D eigenvalue weighted by atomic mass is 10.1. The van der Waals surface area contributed by atoms with Gasteiger partial charge >= 0.3 is 6.09 Å². The van der Waals surface area contributed by atoms with Crippen LogP contribution >= 0.6 is 0 Å². The van der Waals surface area contributed by atoms with Crippen molar-refractivity contribution in [3.8, 4) is 5.75 Å². The molecular weight excluding hydrogens is 242 g/mol. The highest BCUT2D eigenvalue weighted by molar-refractivity contribution is 5.77. The molecule has 1 aromatic carbocycles. The van der Waals surface area contributed by atoms with E-state index in [1.807, 2.05) is 32.9 Å². The van der Waals surface area contributed by atoms with Crippen LogP contribution in [-0.2, 0) is 4.74 Å². The largest absolute Gasteiger partial charge is 0.508 e. The Labute approximate surface area is 113 Å². The van der Waals surface area contributed by atoms with Crippen molar-refractivity contribution in [2.24, 2.45) is 0 Å². The Bertz CT molecular complexity index is 514. The molecule has 102 valence electrons. The normalized spacial score (nSPS) is 15.3. The van der Waals surface area contributed by atoms with Gasteiger partial charge in [-0.1, -0.05) is 18.2 Å². The lowest BCUT2D eigenvalue weighted by molar-refractivity contribution is 0.0306. The lowest BCUT2D eigenvalue weighted by Crippen LogP contribution is -2.35. The lowest BCUT2D eigenvalue weighted by Gasteiger charge is -2.24. The van der Waals surface area contributed by atoms with Crippen LogP contribution in [0.15, 0.2) is 30.3 Å². The van der Waals surface area contributed by atoms with Crippen LogP contribution in [0.3, 0.4) is 0 Å². The van der Waals surface area contributed by atoms with Crippen LogP contribution in [0.5, 0.6) is 5.75 Å². The molecule has 19 heavy (non-hydrogen) atoms. The average molecular weight is 261 g/mol. The average Bonchev–Trinajstić information content (AvgIpc) is 2.75. The molecule has 1 aromatic rings. The second-order valence-electron chi connectivity index (χ2n) is 5.64. The number of carbonyl (C=O) groups excluding carboxylic acids is 1. The van der Waals surface area contributed by atoms with Crippen LogP contribution in [0.1, 0.15) is 26.3 Å². The van der Waals surface area contributed by atoms with E-state index in [4.69, 9.17) is 4.74 Å². The minimum absolute atomic E-state index is 0.231. The molecular formula is C15H19NO3. The van der Waals surface area contributed by atoms with E-state index in [0.29, 0.717) is 13.1 Å². The summed E-state index contributed by atoms with van der Waals surface area (Å²) in [5.41, 5.74) is 1.48. The summed E-state index contributed by atoms with van der Waals surface area (Å²) < 4.78 is 5.33. The molecule has 1 aliphatic rings. The van der Waals surface area contributed by atoms with Crippen LogP contribution in [0, 0.1) is 0 Å². The molecule has 0 atom stereocenters. The first kappa shape index (κ1) is 13.5. The highest BCUT2D eigenvalue weighted by Crippen LogP contribution is 2.24. The second-order valence-corrected chi connectivity index (χ2v) is 5.64. The Balaban J connectivity index is 2.01. The molecule has 0 aliphatic carbocycles. The molecule has 0 fully saturated rings. The Morgan fingerprint density at radius 1 is 1.37 bits per heavy atom. The summed E-state index contributed by atoms with van der Waals surface area (Å²) >= 11 is 0. The number of aromatic hydroxyl groups is 1. The zero-order valence-corrected chi connectivity index (χ0v) is 11.5. The predicted molar refractivity (Wildman–Crippen MR) is 73.9 cm³/mol. The Morgan fingerprint density at radius 2 is 2.11 bits per heavy atom. The zero-order chi connectivity index (χ0) is 14.0. The molecule has 4 nitrogen and oxygen atoms in total. The molecule has 0 spiro atoms. The summed E-state index contributed by atoms with van der Waals surface area (Å²) in [6.45, 7) is 6.61. The highest BCUT2D eigenvalue weighted by atomic mass is 16.6. The molecule has 0 radical (unpaired) electrons. The third-order valence-electron chi connectivity index (χ3n) is 2.79. The molecule has 0 bridgehead atoms. The fourth-order valence-corrected chi connectivity index (χ4v) is 1.94. The van der Waals surface area contributed by atoms with Gasteiger partial charge in [-0.15, -0.1) is 0 Å². The molecule has 0 aromatic heterocycles. The molecule has 0 saturated carbocycles. The quantitative estimate of drug-likeness (QED) is 0.845. The third-order valence-corrected chi connectivity index (χ3v) is 2.79. The van der Waals surface area contributed by atoms with Gasteiger partial charge in [-0.2, -0.15) is 0 Å². The van der Waals surface area contributed by atoms with Gasteiger partial charge in [0.1, 0.15) is 11.4 Å². The number of ether oxygens (including phenoxy) is 1. The number of nitrogens with zero attached hydrogens (tertiary/aromatic N) is 1. The smallest absolute Gasteiger partial charge is 0.410 e. The summed E-state index contributed by atoms with van der Waals surface area (Å²) in [7, 11) is 0. The van der Waals surface area contributed by atoms with Crippen molar-refractivity contribution in [1.82, 2.24) is 4.90 Å². The molecule has 0 saturated heterocycles. The zero-order valence-electron chi connectivity index (χ0n) is 11.5. The van der Waals surface area contributed by atoms with E-state index in [0.717, 1.165) is 11.1 Å².